The van der Waals surface area contributed by atoms with Gasteiger partial charge in [0.15, 0.2) is 5.78 Å². The molecule has 88 valence electrons. The van der Waals surface area contributed by atoms with Gasteiger partial charge in [-0.2, -0.15) is 0 Å². The largest absolute Gasteiger partial charge is 0.374 e. The van der Waals surface area contributed by atoms with Gasteiger partial charge < -0.3 is 4.74 Å². The van der Waals surface area contributed by atoms with E-state index in [2.05, 4.69) is 26.0 Å². The number of ketones is 1. The summed E-state index contributed by atoms with van der Waals surface area (Å²) in [7, 11) is 1.56. The number of hydrogen-bond acceptors (Lipinski definition) is 2. The maximum absolute atomic E-state index is 11.6. The minimum atomic E-state index is -0.315. The van der Waals surface area contributed by atoms with Gasteiger partial charge in [-0.1, -0.05) is 38.1 Å². The molecule has 0 saturated heterocycles. The first kappa shape index (κ1) is 12.9. The van der Waals surface area contributed by atoms with Crippen molar-refractivity contribution in [2.24, 2.45) is 0 Å². The molecule has 0 bridgehead atoms. The average molecular weight is 220 g/mol. The number of ether oxygens (including phenoxy) is 1. The Morgan fingerprint density at radius 2 is 1.75 bits per heavy atom. The van der Waals surface area contributed by atoms with E-state index in [1.807, 2.05) is 12.1 Å². The summed E-state index contributed by atoms with van der Waals surface area (Å²) < 4.78 is 5.00. The highest BCUT2D eigenvalue weighted by atomic mass is 16.5. The summed E-state index contributed by atoms with van der Waals surface area (Å²) in [5.41, 5.74) is 2.36. The van der Waals surface area contributed by atoms with Gasteiger partial charge in [0.25, 0.3) is 0 Å². The molecule has 1 aromatic carbocycles. The molecule has 0 spiro atoms. The van der Waals surface area contributed by atoms with Crippen molar-refractivity contribution in [3.05, 3.63) is 35.4 Å². The molecule has 1 atom stereocenters. The lowest BCUT2D eigenvalue weighted by atomic mass is 9.99. The molecule has 0 N–H and O–H groups in total. The number of hydrogen-bond donors (Lipinski definition) is 0. The van der Waals surface area contributed by atoms with E-state index in [-0.39, 0.29) is 11.9 Å². The van der Waals surface area contributed by atoms with Crippen molar-refractivity contribution >= 4 is 5.78 Å². The van der Waals surface area contributed by atoms with Crippen molar-refractivity contribution < 1.29 is 9.53 Å². The van der Waals surface area contributed by atoms with Crippen LogP contribution >= 0.6 is 0 Å². The Morgan fingerprint density at radius 3 is 2.19 bits per heavy atom. The summed E-state index contributed by atoms with van der Waals surface area (Å²) in [4.78, 5) is 11.6. The van der Waals surface area contributed by atoms with Crippen molar-refractivity contribution in [2.75, 3.05) is 7.11 Å². The molecule has 0 aromatic heterocycles. The molecule has 2 nitrogen and oxygen atoms in total. The predicted octanol–water partition coefficient (Wildman–Crippen LogP) is 2.96. The Balaban J connectivity index is 2.65. The van der Waals surface area contributed by atoms with E-state index in [1.54, 1.807) is 14.0 Å². The van der Waals surface area contributed by atoms with Gasteiger partial charge in [0.1, 0.15) is 6.10 Å². The van der Waals surface area contributed by atoms with Crippen molar-refractivity contribution in [2.45, 2.75) is 39.2 Å². The Hall–Kier alpha value is -1.15. The molecule has 0 fully saturated rings. The Kier molecular flexibility index (Phi) is 4.69. The topological polar surface area (TPSA) is 26.3 Å². The summed E-state index contributed by atoms with van der Waals surface area (Å²) in [6, 6.07) is 8.22. The second-order valence-corrected chi connectivity index (χ2v) is 4.42. The second kappa shape index (κ2) is 5.80. The van der Waals surface area contributed by atoms with Crippen LogP contribution in [0.1, 0.15) is 37.8 Å². The van der Waals surface area contributed by atoms with Crippen LogP contribution in [0.15, 0.2) is 24.3 Å². The van der Waals surface area contributed by atoms with Gasteiger partial charge in [0.2, 0.25) is 0 Å². The van der Waals surface area contributed by atoms with E-state index in [0.29, 0.717) is 12.3 Å². The number of Topliss-reactive ketones (excluding diaryl/α,β-unsaturated/α-hetero) is 1. The number of carbonyl (C=O) groups excluding carboxylic acids is 1. The monoisotopic (exact) mass is 220 g/mol. The zero-order chi connectivity index (χ0) is 12.1. The minimum absolute atomic E-state index is 0.125. The lowest BCUT2D eigenvalue weighted by Gasteiger charge is -2.09. The summed E-state index contributed by atoms with van der Waals surface area (Å²) in [5.74, 6) is 0.655. The van der Waals surface area contributed by atoms with E-state index < -0.39 is 0 Å². The van der Waals surface area contributed by atoms with Crippen LogP contribution in [0.25, 0.3) is 0 Å². The number of carbonyl (C=O) groups is 1. The van der Waals surface area contributed by atoms with Gasteiger partial charge in [-0.25, -0.2) is 0 Å². The van der Waals surface area contributed by atoms with E-state index in [4.69, 9.17) is 4.74 Å². The zero-order valence-electron chi connectivity index (χ0n) is 10.5. The fraction of sp³-hybridized carbons (Fsp3) is 0.500. The van der Waals surface area contributed by atoms with Crippen LogP contribution in [0, 0.1) is 0 Å². The van der Waals surface area contributed by atoms with Crippen molar-refractivity contribution in [3.63, 3.8) is 0 Å². The summed E-state index contributed by atoms with van der Waals surface area (Å²) >= 11 is 0. The highest BCUT2D eigenvalue weighted by molar-refractivity contribution is 5.84. The Morgan fingerprint density at radius 1 is 1.19 bits per heavy atom. The highest BCUT2D eigenvalue weighted by Crippen LogP contribution is 2.15. The first-order valence-corrected chi connectivity index (χ1v) is 5.69. The standard InChI is InChI=1S/C14H20O2/c1-10(2)13-7-5-12(6-8-13)9-14(15)11(3)16-4/h5-8,10-11H,9H2,1-4H3. The molecule has 0 aliphatic carbocycles. The molecule has 1 unspecified atom stereocenters. The smallest absolute Gasteiger partial charge is 0.165 e. The maximum atomic E-state index is 11.6. The van der Waals surface area contributed by atoms with E-state index in [1.165, 1.54) is 5.56 Å². The molecule has 2 heteroatoms. The molecule has 0 aliphatic heterocycles. The lowest BCUT2D eigenvalue weighted by molar-refractivity contribution is -0.127. The normalized spacial score (nSPS) is 12.8. The van der Waals surface area contributed by atoms with Gasteiger partial charge >= 0.3 is 0 Å². The SMILES string of the molecule is COC(C)C(=O)Cc1ccc(C(C)C)cc1. The predicted molar refractivity (Wildman–Crippen MR) is 65.7 cm³/mol. The van der Waals surface area contributed by atoms with Gasteiger partial charge in [-0.05, 0) is 24.0 Å². The quantitative estimate of drug-likeness (QED) is 0.762. The molecule has 0 radical (unpaired) electrons. The molecule has 1 rings (SSSR count). The molecule has 16 heavy (non-hydrogen) atoms. The Labute approximate surface area is 97.6 Å². The van der Waals surface area contributed by atoms with Crippen LogP contribution in [0.2, 0.25) is 0 Å². The van der Waals surface area contributed by atoms with Crippen LogP contribution < -0.4 is 0 Å². The number of methoxy groups -OCH3 is 1. The van der Waals surface area contributed by atoms with Crippen LogP contribution in [-0.2, 0) is 16.0 Å². The number of rotatable bonds is 5. The molecule has 1 aromatic rings. The van der Waals surface area contributed by atoms with Gasteiger partial charge in [0.05, 0.1) is 0 Å². The summed E-state index contributed by atoms with van der Waals surface area (Å²) in [6.45, 7) is 6.10. The van der Waals surface area contributed by atoms with Crippen LogP contribution in [-0.4, -0.2) is 19.0 Å². The van der Waals surface area contributed by atoms with E-state index in [9.17, 15) is 4.79 Å². The van der Waals surface area contributed by atoms with E-state index in [0.717, 1.165) is 5.56 Å². The third-order valence-corrected chi connectivity index (χ3v) is 2.83. The van der Waals surface area contributed by atoms with Gasteiger partial charge in [0, 0.05) is 13.5 Å². The van der Waals surface area contributed by atoms with E-state index >= 15 is 0 Å². The molecule has 0 saturated carbocycles. The van der Waals surface area contributed by atoms with Crippen LogP contribution in [0.5, 0.6) is 0 Å². The third-order valence-electron chi connectivity index (χ3n) is 2.83. The molecular weight excluding hydrogens is 200 g/mol. The van der Waals surface area contributed by atoms with Crippen molar-refractivity contribution in [3.8, 4) is 0 Å². The molecule has 0 aliphatic rings. The second-order valence-electron chi connectivity index (χ2n) is 4.42. The first-order chi connectivity index (χ1) is 7.54. The minimum Gasteiger partial charge on any atom is -0.374 e. The Bertz CT molecular complexity index is 338. The van der Waals surface area contributed by atoms with Gasteiger partial charge in [-0.15, -0.1) is 0 Å². The summed E-state index contributed by atoms with van der Waals surface area (Å²) in [5, 5.41) is 0. The fourth-order valence-corrected chi connectivity index (χ4v) is 1.50. The zero-order valence-corrected chi connectivity index (χ0v) is 10.5. The maximum Gasteiger partial charge on any atom is 0.165 e. The average Bonchev–Trinajstić information content (AvgIpc) is 2.28. The van der Waals surface area contributed by atoms with Crippen LogP contribution in [0.4, 0.5) is 0 Å². The lowest BCUT2D eigenvalue weighted by Crippen LogP contribution is -2.20. The fourth-order valence-electron chi connectivity index (χ4n) is 1.50. The highest BCUT2D eigenvalue weighted by Gasteiger charge is 2.12. The third kappa shape index (κ3) is 3.46. The van der Waals surface area contributed by atoms with Crippen molar-refractivity contribution in [1.82, 2.24) is 0 Å². The molecule has 0 heterocycles. The molecule has 0 amide bonds. The molecular formula is C14H20O2. The van der Waals surface area contributed by atoms with Crippen molar-refractivity contribution in [1.29, 1.82) is 0 Å². The van der Waals surface area contributed by atoms with Crippen LogP contribution in [0.3, 0.4) is 0 Å². The summed E-state index contributed by atoms with van der Waals surface area (Å²) in [6.07, 6.45) is 0.137. The van der Waals surface area contributed by atoms with Gasteiger partial charge in [-0.3, -0.25) is 4.79 Å². The number of benzene rings is 1. The first-order valence-electron chi connectivity index (χ1n) is 5.69.